The predicted molar refractivity (Wildman–Crippen MR) is 78.0 cm³/mol. The fourth-order valence-electron chi connectivity index (χ4n) is 2.34. The zero-order valence-corrected chi connectivity index (χ0v) is 12.2. The Kier molecular flexibility index (Phi) is 4.27. The third kappa shape index (κ3) is 3.15. The zero-order chi connectivity index (χ0) is 13.9. The van der Waals surface area contributed by atoms with E-state index in [0.717, 1.165) is 34.7 Å². The molecule has 4 nitrogen and oxygen atoms in total. The van der Waals surface area contributed by atoms with E-state index >= 15 is 0 Å². The molecule has 0 radical (unpaired) electrons. The molecule has 3 rings (SSSR count). The summed E-state index contributed by atoms with van der Waals surface area (Å²) in [6.07, 6.45) is 0.778. The highest BCUT2D eigenvalue weighted by Crippen LogP contribution is 2.26. The number of rotatable bonds is 5. The van der Waals surface area contributed by atoms with Crippen LogP contribution < -0.4 is 5.32 Å². The number of benzene rings is 1. The maximum Gasteiger partial charge on any atom is 0.159 e. The third-order valence-corrected chi connectivity index (χ3v) is 3.68. The Morgan fingerprint density at radius 1 is 1.30 bits per heavy atom. The van der Waals surface area contributed by atoms with Crippen molar-refractivity contribution in [1.29, 1.82) is 0 Å². The van der Waals surface area contributed by atoms with E-state index in [1.54, 1.807) is 0 Å². The molecule has 1 aliphatic rings. The predicted octanol–water partition coefficient (Wildman–Crippen LogP) is 3.50. The molecule has 0 saturated carbocycles. The van der Waals surface area contributed by atoms with Gasteiger partial charge in [-0.1, -0.05) is 11.6 Å². The van der Waals surface area contributed by atoms with Crippen LogP contribution in [0.5, 0.6) is 0 Å². The van der Waals surface area contributed by atoms with Gasteiger partial charge in [0, 0.05) is 23.4 Å². The van der Waals surface area contributed by atoms with E-state index in [1.165, 1.54) is 0 Å². The van der Waals surface area contributed by atoms with E-state index in [9.17, 15) is 0 Å². The van der Waals surface area contributed by atoms with Gasteiger partial charge in [-0.2, -0.15) is 0 Å². The van der Waals surface area contributed by atoms with Crippen LogP contribution in [0, 0.1) is 0 Å². The van der Waals surface area contributed by atoms with Gasteiger partial charge < -0.3 is 19.2 Å². The fraction of sp³-hybridized carbons (Fsp3) is 0.467. The summed E-state index contributed by atoms with van der Waals surface area (Å²) in [4.78, 5) is 0. The molecule has 1 aromatic carbocycles. The highest BCUT2D eigenvalue weighted by Gasteiger charge is 2.16. The van der Waals surface area contributed by atoms with Gasteiger partial charge in [0.25, 0.3) is 0 Å². The van der Waals surface area contributed by atoms with Crippen LogP contribution in [0.4, 0.5) is 0 Å². The Hall–Kier alpha value is -1.07. The van der Waals surface area contributed by atoms with Gasteiger partial charge in [-0.3, -0.25) is 0 Å². The lowest BCUT2D eigenvalue weighted by atomic mass is 10.2. The van der Waals surface area contributed by atoms with Gasteiger partial charge in [0.05, 0.1) is 19.3 Å². The highest BCUT2D eigenvalue weighted by atomic mass is 35.5. The van der Waals surface area contributed by atoms with E-state index in [-0.39, 0.29) is 12.3 Å². The van der Waals surface area contributed by atoms with Gasteiger partial charge in [-0.15, -0.1) is 0 Å². The Labute approximate surface area is 123 Å². The average molecular weight is 296 g/mol. The molecule has 0 bridgehead atoms. The smallest absolute Gasteiger partial charge is 0.159 e. The molecule has 1 N–H and O–H groups in total. The van der Waals surface area contributed by atoms with E-state index in [4.69, 9.17) is 25.5 Å². The Balaban J connectivity index is 1.58. The third-order valence-electron chi connectivity index (χ3n) is 3.45. The lowest BCUT2D eigenvalue weighted by Gasteiger charge is -2.13. The standard InChI is InChI=1S/C15H18ClNO3/c1-10(17-5-4-15-18-6-7-19-15)14-9-11-8-12(16)2-3-13(11)20-14/h2-3,8-10,15,17H,4-7H2,1H3/t10-/m0/s1. The summed E-state index contributed by atoms with van der Waals surface area (Å²) in [6.45, 7) is 4.30. The number of halogens is 1. The summed E-state index contributed by atoms with van der Waals surface area (Å²) in [6, 6.07) is 7.82. The summed E-state index contributed by atoms with van der Waals surface area (Å²) >= 11 is 5.98. The topological polar surface area (TPSA) is 43.6 Å². The molecule has 1 saturated heterocycles. The van der Waals surface area contributed by atoms with E-state index in [0.29, 0.717) is 13.2 Å². The lowest BCUT2D eigenvalue weighted by molar-refractivity contribution is -0.0462. The molecular weight excluding hydrogens is 278 g/mol. The van der Waals surface area contributed by atoms with Gasteiger partial charge in [0.15, 0.2) is 6.29 Å². The van der Waals surface area contributed by atoms with Crippen molar-refractivity contribution in [1.82, 2.24) is 5.32 Å². The molecule has 108 valence electrons. The second-order valence-electron chi connectivity index (χ2n) is 4.97. The molecule has 20 heavy (non-hydrogen) atoms. The van der Waals surface area contributed by atoms with Crippen molar-refractivity contribution in [2.75, 3.05) is 19.8 Å². The molecular formula is C15H18ClNO3. The van der Waals surface area contributed by atoms with Crippen LogP contribution in [-0.2, 0) is 9.47 Å². The molecule has 2 aromatic rings. The Bertz CT molecular complexity index is 578. The minimum absolute atomic E-state index is 0.0656. The number of hydrogen-bond donors (Lipinski definition) is 1. The molecule has 0 aliphatic carbocycles. The molecule has 1 fully saturated rings. The molecule has 1 aliphatic heterocycles. The van der Waals surface area contributed by atoms with Crippen molar-refractivity contribution < 1.29 is 13.9 Å². The average Bonchev–Trinajstić information content (AvgIpc) is 3.06. The molecule has 0 spiro atoms. The number of fused-ring (bicyclic) bond motifs is 1. The van der Waals surface area contributed by atoms with Gasteiger partial charge in [-0.05, 0) is 31.2 Å². The molecule has 1 aromatic heterocycles. The number of hydrogen-bond acceptors (Lipinski definition) is 4. The maximum atomic E-state index is 5.98. The Morgan fingerprint density at radius 2 is 2.10 bits per heavy atom. The van der Waals surface area contributed by atoms with Crippen LogP contribution >= 0.6 is 11.6 Å². The minimum atomic E-state index is -0.0656. The van der Waals surface area contributed by atoms with Crippen molar-refractivity contribution in [2.45, 2.75) is 25.7 Å². The van der Waals surface area contributed by atoms with Crippen LogP contribution in [0.15, 0.2) is 28.7 Å². The Morgan fingerprint density at radius 3 is 2.90 bits per heavy atom. The van der Waals surface area contributed by atoms with Crippen molar-refractivity contribution in [3.63, 3.8) is 0 Å². The molecule has 0 amide bonds. The van der Waals surface area contributed by atoms with Gasteiger partial charge in [0.1, 0.15) is 11.3 Å². The lowest BCUT2D eigenvalue weighted by Crippen LogP contribution is -2.23. The van der Waals surface area contributed by atoms with Gasteiger partial charge in [-0.25, -0.2) is 0 Å². The second-order valence-corrected chi connectivity index (χ2v) is 5.40. The van der Waals surface area contributed by atoms with Crippen molar-refractivity contribution >= 4 is 22.6 Å². The maximum absolute atomic E-state index is 5.98. The van der Waals surface area contributed by atoms with Crippen molar-refractivity contribution in [3.8, 4) is 0 Å². The summed E-state index contributed by atoms with van der Waals surface area (Å²) in [5.74, 6) is 0.913. The van der Waals surface area contributed by atoms with E-state index < -0.39 is 0 Å². The summed E-state index contributed by atoms with van der Waals surface area (Å²) in [5, 5.41) is 5.17. The monoisotopic (exact) mass is 295 g/mol. The van der Waals surface area contributed by atoms with Crippen LogP contribution in [0.25, 0.3) is 11.0 Å². The molecule has 5 heteroatoms. The number of furan rings is 1. The highest BCUT2D eigenvalue weighted by molar-refractivity contribution is 6.31. The van der Waals surface area contributed by atoms with Crippen molar-refractivity contribution in [2.24, 2.45) is 0 Å². The summed E-state index contributed by atoms with van der Waals surface area (Å²) in [5.41, 5.74) is 0.862. The van der Waals surface area contributed by atoms with Crippen LogP contribution in [0.2, 0.25) is 5.02 Å². The normalized spacial score (nSPS) is 17.9. The van der Waals surface area contributed by atoms with E-state index in [1.807, 2.05) is 24.3 Å². The molecule has 0 unspecified atom stereocenters. The SMILES string of the molecule is C[C@H](NCCC1OCCO1)c1cc2cc(Cl)ccc2o1. The van der Waals surface area contributed by atoms with Gasteiger partial charge in [0.2, 0.25) is 0 Å². The van der Waals surface area contributed by atoms with Gasteiger partial charge >= 0.3 is 0 Å². The number of ether oxygens (including phenoxy) is 2. The first kappa shape index (κ1) is 13.9. The zero-order valence-electron chi connectivity index (χ0n) is 11.4. The molecule has 1 atom stereocenters. The van der Waals surface area contributed by atoms with Crippen LogP contribution in [0.3, 0.4) is 0 Å². The second kappa shape index (κ2) is 6.14. The van der Waals surface area contributed by atoms with Crippen LogP contribution in [-0.4, -0.2) is 26.0 Å². The minimum Gasteiger partial charge on any atom is -0.459 e. The summed E-state index contributed by atoms with van der Waals surface area (Å²) in [7, 11) is 0. The first-order chi connectivity index (χ1) is 9.72. The first-order valence-corrected chi connectivity index (χ1v) is 7.26. The first-order valence-electron chi connectivity index (χ1n) is 6.88. The molecule has 2 heterocycles. The van der Waals surface area contributed by atoms with Crippen molar-refractivity contribution in [3.05, 3.63) is 35.0 Å². The van der Waals surface area contributed by atoms with Crippen LogP contribution in [0.1, 0.15) is 25.1 Å². The summed E-state index contributed by atoms with van der Waals surface area (Å²) < 4.78 is 16.6. The fourth-order valence-corrected chi connectivity index (χ4v) is 2.52. The largest absolute Gasteiger partial charge is 0.459 e. The number of nitrogens with one attached hydrogen (secondary N) is 1. The van der Waals surface area contributed by atoms with E-state index in [2.05, 4.69) is 12.2 Å². The quantitative estimate of drug-likeness (QED) is 0.917.